The second-order valence-corrected chi connectivity index (χ2v) is 4.80. The molecule has 0 amide bonds. The van der Waals surface area contributed by atoms with Crippen LogP contribution in [0.1, 0.15) is 16.7 Å². The molecular weight excluding hydrogens is 246 g/mol. The standard InChI is InChI=1S/C15H16ClNO/c1-11-7-8-13(9-14(11)16)15(18,10-17)12-5-3-2-4-6-12/h2-9,18H,10,17H2,1H3. The first-order valence-corrected chi connectivity index (χ1v) is 6.20. The zero-order valence-corrected chi connectivity index (χ0v) is 11.0. The lowest BCUT2D eigenvalue weighted by atomic mass is 9.86. The fourth-order valence-electron chi connectivity index (χ4n) is 1.97. The molecule has 18 heavy (non-hydrogen) atoms. The topological polar surface area (TPSA) is 46.2 Å². The maximum atomic E-state index is 10.8. The molecule has 94 valence electrons. The molecule has 0 saturated carbocycles. The van der Waals surface area contributed by atoms with Crippen molar-refractivity contribution in [2.24, 2.45) is 5.73 Å². The molecule has 2 aromatic carbocycles. The molecular formula is C15H16ClNO. The van der Waals surface area contributed by atoms with Gasteiger partial charge in [0.15, 0.2) is 0 Å². The van der Waals surface area contributed by atoms with Crippen LogP contribution in [0, 0.1) is 6.92 Å². The fraction of sp³-hybridized carbons (Fsp3) is 0.200. The molecule has 0 heterocycles. The highest BCUT2D eigenvalue weighted by atomic mass is 35.5. The van der Waals surface area contributed by atoms with E-state index in [0.29, 0.717) is 10.6 Å². The van der Waals surface area contributed by atoms with Gasteiger partial charge in [-0.2, -0.15) is 0 Å². The molecule has 0 saturated heterocycles. The van der Waals surface area contributed by atoms with Gasteiger partial charge in [0.1, 0.15) is 5.60 Å². The molecule has 2 aromatic rings. The van der Waals surface area contributed by atoms with Crippen molar-refractivity contribution in [3.8, 4) is 0 Å². The summed E-state index contributed by atoms with van der Waals surface area (Å²) in [5, 5.41) is 11.4. The van der Waals surface area contributed by atoms with Crippen molar-refractivity contribution in [3.05, 3.63) is 70.2 Å². The Morgan fingerprint density at radius 2 is 1.78 bits per heavy atom. The van der Waals surface area contributed by atoms with Crippen LogP contribution in [0.25, 0.3) is 0 Å². The van der Waals surface area contributed by atoms with Crippen molar-refractivity contribution in [3.63, 3.8) is 0 Å². The van der Waals surface area contributed by atoms with E-state index < -0.39 is 5.60 Å². The number of aryl methyl sites for hydroxylation is 1. The summed E-state index contributed by atoms with van der Waals surface area (Å²) in [4.78, 5) is 0. The number of nitrogens with two attached hydrogens (primary N) is 1. The molecule has 0 radical (unpaired) electrons. The van der Waals surface area contributed by atoms with Crippen LogP contribution in [0.2, 0.25) is 5.02 Å². The van der Waals surface area contributed by atoms with Gasteiger partial charge in [-0.1, -0.05) is 54.1 Å². The zero-order valence-electron chi connectivity index (χ0n) is 10.2. The van der Waals surface area contributed by atoms with Crippen molar-refractivity contribution < 1.29 is 5.11 Å². The predicted octanol–water partition coefficient (Wildman–Crippen LogP) is 2.84. The number of rotatable bonds is 3. The molecule has 2 nitrogen and oxygen atoms in total. The Morgan fingerprint density at radius 3 is 2.33 bits per heavy atom. The predicted molar refractivity (Wildman–Crippen MR) is 74.7 cm³/mol. The Morgan fingerprint density at radius 1 is 1.11 bits per heavy atom. The Labute approximate surface area is 112 Å². The average molecular weight is 262 g/mol. The molecule has 0 aliphatic carbocycles. The molecule has 0 bridgehead atoms. The van der Waals surface area contributed by atoms with Gasteiger partial charge in [0, 0.05) is 11.6 Å². The van der Waals surface area contributed by atoms with E-state index in [1.807, 2.05) is 49.4 Å². The molecule has 1 atom stereocenters. The lowest BCUT2D eigenvalue weighted by molar-refractivity contribution is 0.0902. The third kappa shape index (κ3) is 2.27. The van der Waals surface area contributed by atoms with Gasteiger partial charge in [-0.25, -0.2) is 0 Å². The van der Waals surface area contributed by atoms with Gasteiger partial charge in [-0.15, -0.1) is 0 Å². The van der Waals surface area contributed by atoms with E-state index >= 15 is 0 Å². The highest BCUT2D eigenvalue weighted by Crippen LogP contribution is 2.31. The van der Waals surface area contributed by atoms with Gasteiger partial charge >= 0.3 is 0 Å². The van der Waals surface area contributed by atoms with E-state index in [4.69, 9.17) is 17.3 Å². The second-order valence-electron chi connectivity index (χ2n) is 4.39. The Bertz CT molecular complexity index is 541. The SMILES string of the molecule is Cc1ccc(C(O)(CN)c2ccccc2)cc1Cl. The van der Waals surface area contributed by atoms with Crippen molar-refractivity contribution in [1.82, 2.24) is 0 Å². The molecule has 2 rings (SSSR count). The summed E-state index contributed by atoms with van der Waals surface area (Å²) in [6.07, 6.45) is 0. The van der Waals surface area contributed by atoms with Gasteiger partial charge in [0.25, 0.3) is 0 Å². The van der Waals surface area contributed by atoms with E-state index in [1.54, 1.807) is 6.07 Å². The lowest BCUT2D eigenvalue weighted by Crippen LogP contribution is -2.36. The summed E-state index contributed by atoms with van der Waals surface area (Å²) in [7, 11) is 0. The normalized spacial score (nSPS) is 14.2. The minimum Gasteiger partial charge on any atom is -0.379 e. The summed E-state index contributed by atoms with van der Waals surface area (Å²) in [5.41, 5.74) is 7.04. The van der Waals surface area contributed by atoms with Crippen LogP contribution in [0.15, 0.2) is 48.5 Å². The highest BCUT2D eigenvalue weighted by molar-refractivity contribution is 6.31. The number of benzene rings is 2. The average Bonchev–Trinajstić information content (AvgIpc) is 2.42. The highest BCUT2D eigenvalue weighted by Gasteiger charge is 2.30. The molecule has 0 aliphatic rings. The number of hydrogen-bond donors (Lipinski definition) is 2. The first-order valence-electron chi connectivity index (χ1n) is 5.82. The number of hydrogen-bond acceptors (Lipinski definition) is 2. The fourth-order valence-corrected chi connectivity index (χ4v) is 2.15. The first-order chi connectivity index (χ1) is 8.58. The van der Waals surface area contributed by atoms with Gasteiger partial charge in [-0.05, 0) is 29.7 Å². The monoisotopic (exact) mass is 261 g/mol. The molecule has 0 aliphatic heterocycles. The summed E-state index contributed by atoms with van der Waals surface area (Å²) >= 11 is 6.11. The van der Waals surface area contributed by atoms with E-state index in [9.17, 15) is 5.11 Å². The van der Waals surface area contributed by atoms with Gasteiger partial charge in [0.05, 0.1) is 0 Å². The van der Waals surface area contributed by atoms with Crippen LogP contribution in [0.4, 0.5) is 0 Å². The molecule has 0 spiro atoms. The van der Waals surface area contributed by atoms with Gasteiger partial charge < -0.3 is 10.8 Å². The number of aliphatic hydroxyl groups is 1. The van der Waals surface area contributed by atoms with Crippen LogP contribution in [-0.4, -0.2) is 11.7 Å². The van der Waals surface area contributed by atoms with Crippen molar-refractivity contribution in [2.45, 2.75) is 12.5 Å². The van der Waals surface area contributed by atoms with Crippen molar-refractivity contribution in [2.75, 3.05) is 6.54 Å². The molecule has 3 N–H and O–H groups in total. The first kappa shape index (κ1) is 13.1. The minimum absolute atomic E-state index is 0.108. The summed E-state index contributed by atoms with van der Waals surface area (Å²) in [6, 6.07) is 14.9. The third-order valence-corrected chi connectivity index (χ3v) is 3.60. The molecule has 0 fully saturated rings. The van der Waals surface area contributed by atoms with E-state index in [0.717, 1.165) is 11.1 Å². The Balaban J connectivity index is 2.53. The van der Waals surface area contributed by atoms with Gasteiger partial charge in [-0.3, -0.25) is 0 Å². The quantitative estimate of drug-likeness (QED) is 0.893. The summed E-state index contributed by atoms with van der Waals surface area (Å²) in [5.74, 6) is 0. The van der Waals surface area contributed by atoms with Crippen LogP contribution >= 0.6 is 11.6 Å². The zero-order chi connectivity index (χ0) is 13.2. The van der Waals surface area contributed by atoms with E-state index in [1.165, 1.54) is 0 Å². The summed E-state index contributed by atoms with van der Waals surface area (Å²) < 4.78 is 0. The second kappa shape index (κ2) is 5.11. The minimum atomic E-state index is -1.20. The van der Waals surface area contributed by atoms with Crippen LogP contribution in [0.5, 0.6) is 0 Å². The molecule has 0 aromatic heterocycles. The third-order valence-electron chi connectivity index (χ3n) is 3.20. The van der Waals surface area contributed by atoms with Crippen molar-refractivity contribution in [1.29, 1.82) is 0 Å². The van der Waals surface area contributed by atoms with Crippen molar-refractivity contribution >= 4 is 11.6 Å². The van der Waals surface area contributed by atoms with E-state index in [-0.39, 0.29) is 6.54 Å². The maximum Gasteiger partial charge on any atom is 0.127 e. The molecule has 1 unspecified atom stereocenters. The van der Waals surface area contributed by atoms with Crippen LogP contribution in [-0.2, 0) is 5.60 Å². The smallest absolute Gasteiger partial charge is 0.127 e. The van der Waals surface area contributed by atoms with Gasteiger partial charge in [0.2, 0.25) is 0 Å². The Hall–Kier alpha value is -1.35. The van der Waals surface area contributed by atoms with E-state index in [2.05, 4.69) is 0 Å². The lowest BCUT2D eigenvalue weighted by Gasteiger charge is -2.28. The Kier molecular flexibility index (Phi) is 3.71. The van der Waals surface area contributed by atoms with Crippen LogP contribution < -0.4 is 5.73 Å². The van der Waals surface area contributed by atoms with Crippen LogP contribution in [0.3, 0.4) is 0 Å². The largest absolute Gasteiger partial charge is 0.379 e. The molecule has 3 heteroatoms. The number of halogens is 1. The maximum absolute atomic E-state index is 10.8. The summed E-state index contributed by atoms with van der Waals surface area (Å²) in [6.45, 7) is 2.03.